The summed E-state index contributed by atoms with van der Waals surface area (Å²) in [5.41, 5.74) is 8.73. The minimum atomic E-state index is -0.202. The molecule has 32 heavy (non-hydrogen) atoms. The normalized spacial score (nSPS) is 17.3. The van der Waals surface area contributed by atoms with Crippen LogP contribution in [0.15, 0.2) is 71.8 Å². The van der Waals surface area contributed by atoms with E-state index in [0.717, 1.165) is 29.9 Å². The van der Waals surface area contributed by atoms with Gasteiger partial charge in [0.1, 0.15) is 13.6 Å². The molecule has 0 saturated carbocycles. The molecular formula is C24H21BCl2N4O. The van der Waals surface area contributed by atoms with Gasteiger partial charge < -0.3 is 0 Å². The first-order valence-electron chi connectivity index (χ1n) is 10.5. The van der Waals surface area contributed by atoms with Gasteiger partial charge in [-0.25, -0.2) is 0 Å². The highest BCUT2D eigenvalue weighted by Crippen LogP contribution is 2.39. The number of benzene rings is 3. The quantitative estimate of drug-likeness (QED) is 0.602. The van der Waals surface area contributed by atoms with E-state index in [-0.39, 0.29) is 11.9 Å². The second-order valence-electron chi connectivity index (χ2n) is 8.09. The summed E-state index contributed by atoms with van der Waals surface area (Å²) in [4.78, 5) is 13.2. The molecule has 0 aliphatic carbocycles. The number of nitrogens with one attached hydrogen (secondary N) is 1. The molecular weight excluding hydrogens is 442 g/mol. The third kappa shape index (κ3) is 3.96. The summed E-state index contributed by atoms with van der Waals surface area (Å²) in [6.07, 6.45) is 1.38. The molecule has 0 unspecified atom stereocenters. The van der Waals surface area contributed by atoms with E-state index in [1.165, 1.54) is 11.0 Å². The van der Waals surface area contributed by atoms with E-state index in [1.807, 2.05) is 34.3 Å². The van der Waals surface area contributed by atoms with Gasteiger partial charge in [-0.1, -0.05) is 71.1 Å². The first-order chi connectivity index (χ1) is 15.5. The molecule has 5 rings (SSSR count). The van der Waals surface area contributed by atoms with Gasteiger partial charge in [-0.15, -0.1) is 0 Å². The topological polar surface area (TPSA) is 47.9 Å². The Morgan fingerprint density at radius 1 is 1.03 bits per heavy atom. The fraction of sp³-hybridized carbons (Fsp3) is 0.167. The van der Waals surface area contributed by atoms with Gasteiger partial charge in [0.25, 0.3) is 5.91 Å². The summed E-state index contributed by atoms with van der Waals surface area (Å²) >= 11 is 12.6. The second kappa shape index (κ2) is 8.53. The average Bonchev–Trinajstić information content (AvgIpc) is 3.39. The Kier molecular flexibility index (Phi) is 5.58. The first-order valence-corrected chi connectivity index (χ1v) is 11.3. The number of carbonyl (C=O) groups is 1. The highest BCUT2D eigenvalue weighted by atomic mass is 35.5. The smallest absolute Gasteiger partial charge is 0.285 e. The third-order valence-electron chi connectivity index (χ3n) is 5.91. The van der Waals surface area contributed by atoms with Gasteiger partial charge in [0.2, 0.25) is 0 Å². The van der Waals surface area contributed by atoms with Crippen LogP contribution < -0.4 is 20.9 Å². The summed E-state index contributed by atoms with van der Waals surface area (Å²) in [6, 6.07) is 21.6. The molecule has 2 heterocycles. The Labute approximate surface area is 198 Å². The highest BCUT2D eigenvalue weighted by Gasteiger charge is 2.34. The fourth-order valence-corrected chi connectivity index (χ4v) is 4.72. The maximum atomic E-state index is 13.2. The van der Waals surface area contributed by atoms with Crippen LogP contribution in [0, 0.1) is 0 Å². The van der Waals surface area contributed by atoms with Crippen LogP contribution in [-0.4, -0.2) is 26.0 Å². The number of anilines is 2. The number of hydrogen-bond acceptors (Lipinski definition) is 4. The highest BCUT2D eigenvalue weighted by molar-refractivity contribution is 6.40. The zero-order valence-corrected chi connectivity index (χ0v) is 19.1. The monoisotopic (exact) mass is 462 g/mol. The van der Waals surface area contributed by atoms with Crippen molar-refractivity contribution in [1.82, 2.24) is 5.43 Å². The first kappa shape index (κ1) is 20.9. The van der Waals surface area contributed by atoms with E-state index >= 15 is 0 Å². The molecule has 3 aromatic carbocycles. The lowest BCUT2D eigenvalue weighted by Gasteiger charge is -2.25. The van der Waals surface area contributed by atoms with Gasteiger partial charge >= 0.3 is 0 Å². The number of hydrazone groups is 1. The second-order valence-corrected chi connectivity index (χ2v) is 8.93. The van der Waals surface area contributed by atoms with Crippen molar-refractivity contribution in [2.45, 2.75) is 18.9 Å². The van der Waals surface area contributed by atoms with Crippen LogP contribution in [-0.2, 0) is 11.2 Å². The molecule has 1 N–H and O–H groups in total. The standard InChI is InChI=1S/C24H21BCl2N4O/c25-17-7-5-16(6-8-17)23-14-20(28-31(23)22-10-9-18(26)13-19(22)27)24(32)29-30-12-11-15-3-1-2-4-21(15)30/h1-10,13,23H,11-12,14,25H2,(H,29,32)/t23-/m1/s1. The maximum absolute atomic E-state index is 13.2. The van der Waals surface area contributed by atoms with E-state index in [4.69, 9.17) is 28.3 Å². The molecule has 8 heteroatoms. The van der Waals surface area contributed by atoms with Gasteiger partial charge in [-0.05, 0) is 41.8 Å². The number of fused-ring (bicyclic) bond motifs is 1. The van der Waals surface area contributed by atoms with Crippen molar-refractivity contribution >= 4 is 59.5 Å². The molecule has 2 aliphatic heterocycles. The molecule has 3 aromatic rings. The van der Waals surface area contributed by atoms with Crippen molar-refractivity contribution in [2.75, 3.05) is 16.6 Å². The lowest BCUT2D eigenvalue weighted by atomic mass is 9.92. The number of para-hydroxylation sites is 1. The van der Waals surface area contributed by atoms with Crippen LogP contribution in [0.4, 0.5) is 11.4 Å². The predicted molar refractivity (Wildman–Crippen MR) is 134 cm³/mol. The van der Waals surface area contributed by atoms with E-state index in [1.54, 1.807) is 12.1 Å². The van der Waals surface area contributed by atoms with Gasteiger partial charge in [0, 0.05) is 18.0 Å². The number of rotatable bonds is 4. The third-order valence-corrected chi connectivity index (χ3v) is 6.45. The fourth-order valence-electron chi connectivity index (χ4n) is 4.23. The van der Waals surface area contributed by atoms with Crippen LogP contribution in [0.3, 0.4) is 0 Å². The van der Waals surface area contributed by atoms with Crippen molar-refractivity contribution < 1.29 is 4.79 Å². The molecule has 0 saturated heterocycles. The molecule has 0 radical (unpaired) electrons. The lowest BCUT2D eigenvalue weighted by molar-refractivity contribution is -0.115. The van der Waals surface area contributed by atoms with E-state index in [0.29, 0.717) is 22.2 Å². The van der Waals surface area contributed by atoms with Crippen molar-refractivity contribution in [3.05, 3.63) is 87.9 Å². The summed E-state index contributed by atoms with van der Waals surface area (Å²) < 4.78 is 0. The maximum Gasteiger partial charge on any atom is 0.286 e. The number of hydrogen-bond donors (Lipinski definition) is 1. The zero-order chi connectivity index (χ0) is 22.2. The molecule has 1 amide bonds. The van der Waals surface area contributed by atoms with Crippen molar-refractivity contribution in [3.63, 3.8) is 0 Å². The van der Waals surface area contributed by atoms with Gasteiger partial charge in [-0.2, -0.15) is 5.10 Å². The molecule has 0 fully saturated rings. The molecule has 160 valence electrons. The van der Waals surface area contributed by atoms with E-state index in [9.17, 15) is 4.79 Å². The molecule has 1 atom stereocenters. The number of halogens is 2. The summed E-state index contributed by atoms with van der Waals surface area (Å²) in [5, 5.41) is 9.49. The van der Waals surface area contributed by atoms with Crippen molar-refractivity contribution in [1.29, 1.82) is 0 Å². The Hall–Kier alpha value is -2.96. The molecule has 0 spiro atoms. The van der Waals surface area contributed by atoms with Crippen LogP contribution in [0.1, 0.15) is 23.6 Å². The van der Waals surface area contributed by atoms with Crippen LogP contribution in [0.5, 0.6) is 0 Å². The number of carbonyl (C=O) groups excluding carboxylic acids is 1. The number of nitrogens with zero attached hydrogens (tertiary/aromatic N) is 3. The molecule has 0 aromatic heterocycles. The predicted octanol–water partition coefficient (Wildman–Crippen LogP) is 3.65. The summed E-state index contributed by atoms with van der Waals surface area (Å²) in [5.74, 6) is -0.202. The van der Waals surface area contributed by atoms with Gasteiger partial charge in [0.05, 0.1) is 22.4 Å². The average molecular weight is 463 g/mol. The van der Waals surface area contributed by atoms with Gasteiger partial charge in [-0.3, -0.25) is 20.2 Å². The largest absolute Gasteiger partial charge is 0.286 e. The minimum Gasteiger partial charge on any atom is -0.285 e. The molecule has 0 bridgehead atoms. The zero-order valence-electron chi connectivity index (χ0n) is 17.6. The van der Waals surface area contributed by atoms with Crippen LogP contribution in [0.25, 0.3) is 0 Å². The molecule has 2 aliphatic rings. The Balaban J connectivity index is 1.44. The summed E-state index contributed by atoms with van der Waals surface area (Å²) in [7, 11) is 2.05. The van der Waals surface area contributed by atoms with E-state index in [2.05, 4.69) is 43.6 Å². The Morgan fingerprint density at radius 3 is 2.59 bits per heavy atom. The minimum absolute atomic E-state index is 0.138. The van der Waals surface area contributed by atoms with E-state index < -0.39 is 0 Å². The van der Waals surface area contributed by atoms with Crippen LogP contribution >= 0.6 is 23.2 Å². The van der Waals surface area contributed by atoms with Crippen molar-refractivity contribution in [2.24, 2.45) is 5.10 Å². The number of amides is 1. The Morgan fingerprint density at radius 2 is 1.81 bits per heavy atom. The Bertz CT molecular complexity index is 1210. The SMILES string of the molecule is Bc1ccc([C@H]2CC(C(=O)NN3CCc4ccccc43)=NN2c2ccc(Cl)cc2Cl)cc1. The van der Waals surface area contributed by atoms with Crippen LogP contribution in [0.2, 0.25) is 10.0 Å². The molecule has 5 nitrogen and oxygen atoms in total. The summed E-state index contributed by atoms with van der Waals surface area (Å²) in [6.45, 7) is 0.743. The number of hydrazine groups is 1. The lowest BCUT2D eigenvalue weighted by Crippen LogP contribution is -2.44. The van der Waals surface area contributed by atoms with Crippen molar-refractivity contribution in [3.8, 4) is 0 Å². The van der Waals surface area contributed by atoms with Gasteiger partial charge in [0.15, 0.2) is 0 Å².